The molecule has 0 heterocycles. The second-order valence-corrected chi connectivity index (χ2v) is 5.23. The minimum Gasteiger partial charge on any atom is -0.372 e. The minimum absolute atomic E-state index is 0. The van der Waals surface area contributed by atoms with E-state index in [0.717, 1.165) is 19.6 Å². The van der Waals surface area contributed by atoms with Gasteiger partial charge in [0, 0.05) is 13.0 Å². The van der Waals surface area contributed by atoms with Crippen molar-refractivity contribution in [1.82, 2.24) is 4.90 Å². The van der Waals surface area contributed by atoms with Crippen molar-refractivity contribution >= 4 is 23.2 Å². The molecule has 0 fully saturated rings. The highest BCUT2D eigenvalue weighted by Crippen LogP contribution is 2.38. The van der Waals surface area contributed by atoms with Crippen molar-refractivity contribution < 1.29 is 4.74 Å². The van der Waals surface area contributed by atoms with Gasteiger partial charge in [-0.1, -0.05) is 36.4 Å². The number of benzene rings is 2. The summed E-state index contributed by atoms with van der Waals surface area (Å²) in [6.07, 6.45) is 1.26. The molecule has 0 saturated heterocycles. The molecular formula is C16H20ClNO. The average molecular weight is 278 g/mol. The van der Waals surface area contributed by atoms with E-state index in [1.54, 1.807) is 0 Å². The molecule has 0 spiro atoms. The van der Waals surface area contributed by atoms with E-state index < -0.39 is 0 Å². The van der Waals surface area contributed by atoms with Gasteiger partial charge in [0.1, 0.15) is 0 Å². The molecule has 2 nitrogen and oxygen atoms in total. The van der Waals surface area contributed by atoms with E-state index >= 15 is 0 Å². The Bertz CT molecular complexity index is 562. The molecule has 0 radical (unpaired) electrons. The molecule has 0 bridgehead atoms. The lowest BCUT2D eigenvalue weighted by Gasteiger charge is -2.15. The Morgan fingerprint density at radius 3 is 2.63 bits per heavy atom. The number of rotatable bonds is 4. The molecule has 2 aromatic rings. The SMILES string of the molecule is CN(C)CCOC1Cc2cccc3cccc1c23.Cl. The Labute approximate surface area is 120 Å². The highest BCUT2D eigenvalue weighted by molar-refractivity contribution is 5.91. The highest BCUT2D eigenvalue weighted by atomic mass is 35.5. The number of hydrogen-bond donors (Lipinski definition) is 0. The van der Waals surface area contributed by atoms with Crippen molar-refractivity contribution in [3.8, 4) is 0 Å². The third kappa shape index (κ3) is 2.76. The molecule has 19 heavy (non-hydrogen) atoms. The Hall–Kier alpha value is -1.09. The fourth-order valence-electron chi connectivity index (χ4n) is 2.72. The predicted molar refractivity (Wildman–Crippen MR) is 82.1 cm³/mol. The first-order valence-electron chi connectivity index (χ1n) is 6.52. The third-order valence-electron chi connectivity index (χ3n) is 3.63. The van der Waals surface area contributed by atoms with E-state index in [4.69, 9.17) is 4.74 Å². The molecule has 0 aliphatic heterocycles. The zero-order valence-electron chi connectivity index (χ0n) is 11.4. The smallest absolute Gasteiger partial charge is 0.0872 e. The summed E-state index contributed by atoms with van der Waals surface area (Å²) in [4.78, 5) is 2.16. The van der Waals surface area contributed by atoms with Crippen LogP contribution in [0.2, 0.25) is 0 Å². The van der Waals surface area contributed by atoms with Crippen LogP contribution in [0.5, 0.6) is 0 Å². The van der Waals surface area contributed by atoms with Crippen LogP contribution in [-0.2, 0) is 11.2 Å². The quantitative estimate of drug-likeness (QED) is 0.849. The summed E-state index contributed by atoms with van der Waals surface area (Å²) in [6.45, 7) is 1.77. The molecule has 1 unspecified atom stereocenters. The summed E-state index contributed by atoms with van der Waals surface area (Å²) in [5, 5.41) is 2.75. The monoisotopic (exact) mass is 277 g/mol. The molecule has 0 N–H and O–H groups in total. The zero-order valence-corrected chi connectivity index (χ0v) is 12.2. The molecule has 1 atom stereocenters. The Morgan fingerprint density at radius 1 is 1.16 bits per heavy atom. The molecule has 3 heteroatoms. The molecule has 0 aromatic heterocycles. The molecule has 0 amide bonds. The van der Waals surface area contributed by atoms with Gasteiger partial charge in [0.2, 0.25) is 0 Å². The van der Waals surface area contributed by atoms with E-state index in [1.165, 1.54) is 21.9 Å². The molecule has 102 valence electrons. The number of halogens is 1. The van der Waals surface area contributed by atoms with Crippen molar-refractivity contribution in [1.29, 1.82) is 0 Å². The van der Waals surface area contributed by atoms with Crippen LogP contribution in [-0.4, -0.2) is 32.1 Å². The lowest BCUT2D eigenvalue weighted by Crippen LogP contribution is -2.19. The summed E-state index contributed by atoms with van der Waals surface area (Å²) in [7, 11) is 4.15. The van der Waals surface area contributed by atoms with Crippen LogP contribution in [0.25, 0.3) is 10.8 Å². The summed E-state index contributed by atoms with van der Waals surface area (Å²) < 4.78 is 6.04. The van der Waals surface area contributed by atoms with Crippen LogP contribution in [0.15, 0.2) is 36.4 Å². The number of nitrogens with zero attached hydrogens (tertiary/aromatic N) is 1. The molecule has 2 aromatic carbocycles. The number of hydrogen-bond acceptors (Lipinski definition) is 2. The van der Waals surface area contributed by atoms with Gasteiger partial charge in [-0.25, -0.2) is 0 Å². The summed E-state index contributed by atoms with van der Waals surface area (Å²) in [5.41, 5.74) is 2.79. The number of ether oxygens (including phenoxy) is 1. The Morgan fingerprint density at radius 2 is 1.89 bits per heavy atom. The van der Waals surface area contributed by atoms with Crippen LogP contribution < -0.4 is 0 Å². The van der Waals surface area contributed by atoms with Crippen LogP contribution in [0.3, 0.4) is 0 Å². The third-order valence-corrected chi connectivity index (χ3v) is 3.63. The van der Waals surface area contributed by atoms with Crippen molar-refractivity contribution in [2.75, 3.05) is 27.2 Å². The first-order chi connectivity index (χ1) is 8.75. The lowest BCUT2D eigenvalue weighted by molar-refractivity contribution is 0.0476. The lowest BCUT2D eigenvalue weighted by atomic mass is 10.1. The molecule has 1 aliphatic rings. The topological polar surface area (TPSA) is 12.5 Å². The molecule has 3 rings (SSSR count). The van der Waals surface area contributed by atoms with E-state index in [2.05, 4.69) is 55.4 Å². The maximum absolute atomic E-state index is 6.04. The summed E-state index contributed by atoms with van der Waals surface area (Å²) >= 11 is 0. The molecular weight excluding hydrogens is 258 g/mol. The van der Waals surface area contributed by atoms with Crippen molar-refractivity contribution in [2.24, 2.45) is 0 Å². The predicted octanol–water partition coefficient (Wildman–Crippen LogP) is 3.44. The van der Waals surface area contributed by atoms with Gasteiger partial charge in [0.05, 0.1) is 12.7 Å². The maximum atomic E-state index is 6.04. The zero-order chi connectivity index (χ0) is 12.5. The molecule has 0 saturated carbocycles. The van der Waals surface area contributed by atoms with Gasteiger partial charge in [0.25, 0.3) is 0 Å². The van der Waals surface area contributed by atoms with Crippen LogP contribution in [0.1, 0.15) is 17.2 Å². The van der Waals surface area contributed by atoms with Crippen LogP contribution >= 0.6 is 12.4 Å². The first kappa shape index (κ1) is 14.3. The van der Waals surface area contributed by atoms with Gasteiger partial charge in [-0.3, -0.25) is 0 Å². The average Bonchev–Trinajstić information content (AvgIpc) is 2.70. The van der Waals surface area contributed by atoms with Gasteiger partial charge in [-0.05, 0) is 36.0 Å². The maximum Gasteiger partial charge on any atom is 0.0872 e. The summed E-state index contributed by atoms with van der Waals surface area (Å²) in [6, 6.07) is 13.1. The number of likely N-dealkylation sites (N-methyl/N-ethyl adjacent to an activating group) is 1. The van der Waals surface area contributed by atoms with Gasteiger partial charge in [-0.15, -0.1) is 12.4 Å². The molecule has 1 aliphatic carbocycles. The highest BCUT2D eigenvalue weighted by Gasteiger charge is 2.24. The Kier molecular flexibility index (Phi) is 4.46. The van der Waals surface area contributed by atoms with Gasteiger partial charge in [0.15, 0.2) is 0 Å². The van der Waals surface area contributed by atoms with Gasteiger partial charge < -0.3 is 9.64 Å². The minimum atomic E-state index is 0. The largest absolute Gasteiger partial charge is 0.372 e. The van der Waals surface area contributed by atoms with Gasteiger partial charge >= 0.3 is 0 Å². The van der Waals surface area contributed by atoms with Gasteiger partial charge in [-0.2, -0.15) is 0 Å². The fourth-order valence-corrected chi connectivity index (χ4v) is 2.72. The van der Waals surface area contributed by atoms with E-state index in [1.807, 2.05) is 0 Å². The van der Waals surface area contributed by atoms with E-state index in [0.29, 0.717) is 0 Å². The summed E-state index contributed by atoms with van der Waals surface area (Å²) in [5.74, 6) is 0. The van der Waals surface area contributed by atoms with Crippen molar-refractivity contribution in [2.45, 2.75) is 12.5 Å². The second-order valence-electron chi connectivity index (χ2n) is 5.23. The van der Waals surface area contributed by atoms with Crippen LogP contribution in [0, 0.1) is 0 Å². The van der Waals surface area contributed by atoms with Crippen molar-refractivity contribution in [3.05, 3.63) is 47.5 Å². The first-order valence-corrected chi connectivity index (χ1v) is 6.52. The van der Waals surface area contributed by atoms with E-state index in [9.17, 15) is 0 Å². The van der Waals surface area contributed by atoms with Crippen LogP contribution in [0.4, 0.5) is 0 Å². The normalized spacial score (nSPS) is 16.9. The standard InChI is InChI=1S/C16H19NO.ClH/c1-17(2)9-10-18-15-11-13-7-3-5-12-6-4-8-14(15)16(12)13;/h3-8,15H,9-11H2,1-2H3;1H. The Balaban J connectivity index is 0.00000133. The van der Waals surface area contributed by atoms with Crippen molar-refractivity contribution in [3.63, 3.8) is 0 Å². The van der Waals surface area contributed by atoms with E-state index in [-0.39, 0.29) is 18.5 Å². The fraction of sp³-hybridized carbons (Fsp3) is 0.375. The second kappa shape index (κ2) is 5.91.